The number of aromatic nitrogens is 3. The van der Waals surface area contributed by atoms with Gasteiger partial charge in [-0.25, -0.2) is 22.8 Å². The molecule has 10 heteroatoms. The Hall–Kier alpha value is -3.92. The van der Waals surface area contributed by atoms with E-state index in [1.54, 1.807) is 18.2 Å². The zero-order chi connectivity index (χ0) is 21.8. The normalized spacial score (nSPS) is 11.2. The van der Waals surface area contributed by atoms with Crippen LogP contribution in [0.25, 0.3) is 5.82 Å². The lowest BCUT2D eigenvalue weighted by molar-refractivity contribution is 0.385. The van der Waals surface area contributed by atoms with E-state index in [1.807, 2.05) is 29.1 Å². The van der Waals surface area contributed by atoms with Crippen LogP contribution in [0.1, 0.15) is 0 Å². The van der Waals surface area contributed by atoms with E-state index in [4.69, 9.17) is 9.47 Å². The molecule has 0 saturated carbocycles. The van der Waals surface area contributed by atoms with Crippen LogP contribution < -0.4 is 14.2 Å². The molecule has 2 heterocycles. The van der Waals surface area contributed by atoms with E-state index >= 15 is 0 Å². The summed E-state index contributed by atoms with van der Waals surface area (Å²) in [4.78, 5) is 8.05. The van der Waals surface area contributed by atoms with E-state index in [9.17, 15) is 12.8 Å². The van der Waals surface area contributed by atoms with Crippen molar-refractivity contribution in [2.45, 2.75) is 4.90 Å². The van der Waals surface area contributed by atoms with E-state index in [0.29, 0.717) is 23.1 Å². The third kappa shape index (κ3) is 4.64. The van der Waals surface area contributed by atoms with E-state index in [2.05, 4.69) is 14.7 Å². The topological polar surface area (TPSA) is 95.3 Å². The highest BCUT2D eigenvalue weighted by Gasteiger charge is 2.17. The number of sulfonamides is 1. The van der Waals surface area contributed by atoms with Gasteiger partial charge in [0.15, 0.2) is 11.6 Å². The lowest BCUT2D eigenvalue weighted by atomic mass is 10.3. The molecule has 0 radical (unpaired) electrons. The molecule has 0 aliphatic carbocycles. The Morgan fingerprint density at radius 2 is 1.74 bits per heavy atom. The summed E-state index contributed by atoms with van der Waals surface area (Å²) in [6.07, 6.45) is 5.09. The number of ether oxygens (including phenoxy) is 2. The maximum Gasteiger partial charge on any atom is 0.262 e. The number of hydrogen-bond acceptors (Lipinski definition) is 6. The molecule has 0 fully saturated rings. The van der Waals surface area contributed by atoms with Crippen molar-refractivity contribution in [3.05, 3.63) is 85.2 Å². The van der Waals surface area contributed by atoms with Crippen molar-refractivity contribution < 1.29 is 22.3 Å². The number of methoxy groups -OCH3 is 1. The molecule has 0 bridgehead atoms. The van der Waals surface area contributed by atoms with Crippen molar-refractivity contribution in [1.82, 2.24) is 14.5 Å². The predicted molar refractivity (Wildman–Crippen MR) is 112 cm³/mol. The molecule has 8 nitrogen and oxygen atoms in total. The van der Waals surface area contributed by atoms with Crippen LogP contribution in [0.4, 0.5) is 10.1 Å². The van der Waals surface area contributed by atoms with E-state index < -0.39 is 15.8 Å². The molecule has 31 heavy (non-hydrogen) atoms. The summed E-state index contributed by atoms with van der Waals surface area (Å²) in [6, 6.07) is 15.1. The minimum Gasteiger partial charge on any atom is -0.494 e. The van der Waals surface area contributed by atoms with Gasteiger partial charge in [-0.2, -0.15) is 0 Å². The Morgan fingerprint density at radius 1 is 1.00 bits per heavy atom. The molecule has 4 aromatic rings. The maximum absolute atomic E-state index is 13.9. The van der Waals surface area contributed by atoms with Gasteiger partial charge in [0.25, 0.3) is 10.0 Å². The molecule has 0 unspecified atom stereocenters. The van der Waals surface area contributed by atoms with Gasteiger partial charge in [0.2, 0.25) is 5.88 Å². The summed E-state index contributed by atoms with van der Waals surface area (Å²) in [5, 5.41) is 0. The number of anilines is 1. The van der Waals surface area contributed by atoms with Gasteiger partial charge in [-0.15, -0.1) is 0 Å². The highest BCUT2D eigenvalue weighted by atomic mass is 32.2. The first-order chi connectivity index (χ1) is 14.9. The van der Waals surface area contributed by atoms with Crippen LogP contribution in [0.5, 0.6) is 17.4 Å². The lowest BCUT2D eigenvalue weighted by Crippen LogP contribution is -2.13. The van der Waals surface area contributed by atoms with Crippen LogP contribution in [0.15, 0.2) is 84.3 Å². The minimum absolute atomic E-state index is 0.0369. The van der Waals surface area contributed by atoms with Gasteiger partial charge in [-0.1, -0.05) is 0 Å². The number of benzene rings is 2. The van der Waals surface area contributed by atoms with Crippen LogP contribution in [0.2, 0.25) is 0 Å². The number of rotatable bonds is 7. The number of halogens is 1. The fourth-order valence-corrected chi connectivity index (χ4v) is 3.82. The summed E-state index contributed by atoms with van der Waals surface area (Å²) in [6.45, 7) is 0. The highest BCUT2D eigenvalue weighted by molar-refractivity contribution is 7.92. The molecule has 0 amide bonds. The first kappa shape index (κ1) is 20.4. The molecule has 2 aromatic carbocycles. The summed E-state index contributed by atoms with van der Waals surface area (Å²) in [5.74, 6) is 0.630. The molecule has 0 spiro atoms. The second-order valence-electron chi connectivity index (χ2n) is 6.33. The Labute approximate surface area is 178 Å². The summed E-state index contributed by atoms with van der Waals surface area (Å²) in [7, 11) is -2.67. The molecule has 0 aliphatic heterocycles. The molecular weight excluding hydrogens is 423 g/mol. The van der Waals surface area contributed by atoms with Crippen LogP contribution in [-0.2, 0) is 10.0 Å². The molecule has 0 atom stereocenters. The molecule has 0 aliphatic rings. The molecule has 0 saturated heterocycles. The smallest absolute Gasteiger partial charge is 0.262 e. The quantitative estimate of drug-likeness (QED) is 0.467. The van der Waals surface area contributed by atoms with Crippen molar-refractivity contribution >= 4 is 15.7 Å². The highest BCUT2D eigenvalue weighted by Crippen LogP contribution is 2.25. The third-order valence-electron chi connectivity index (χ3n) is 4.26. The second-order valence-corrected chi connectivity index (χ2v) is 8.02. The van der Waals surface area contributed by atoms with Gasteiger partial charge >= 0.3 is 0 Å². The van der Waals surface area contributed by atoms with Crippen molar-refractivity contribution in [1.29, 1.82) is 0 Å². The van der Waals surface area contributed by atoms with Crippen molar-refractivity contribution in [2.24, 2.45) is 0 Å². The SMILES string of the molecule is COc1ccc(S(=O)(=O)Nc2ccc(Oc3cc(-n4cccc4)ncn3)cc2)cc1F. The summed E-state index contributed by atoms with van der Waals surface area (Å²) in [5.41, 5.74) is 0.291. The first-order valence-corrected chi connectivity index (χ1v) is 10.5. The average Bonchev–Trinajstić information content (AvgIpc) is 3.30. The van der Waals surface area contributed by atoms with Crippen LogP contribution in [0, 0.1) is 5.82 Å². The van der Waals surface area contributed by atoms with E-state index in [1.165, 1.54) is 37.7 Å². The predicted octanol–water partition coefficient (Wildman–Crippen LogP) is 4.01. The molecule has 4 rings (SSSR count). The minimum atomic E-state index is -3.97. The van der Waals surface area contributed by atoms with E-state index in [-0.39, 0.29) is 10.6 Å². The zero-order valence-electron chi connectivity index (χ0n) is 16.3. The van der Waals surface area contributed by atoms with Crippen LogP contribution in [0.3, 0.4) is 0 Å². The Bertz CT molecular complexity index is 1290. The largest absolute Gasteiger partial charge is 0.494 e. The van der Waals surface area contributed by atoms with Gasteiger partial charge in [0.1, 0.15) is 17.9 Å². The van der Waals surface area contributed by atoms with E-state index in [0.717, 1.165) is 6.07 Å². The van der Waals surface area contributed by atoms with Crippen molar-refractivity contribution in [3.63, 3.8) is 0 Å². The molecular formula is C21H17FN4O4S. The maximum atomic E-state index is 13.9. The van der Waals surface area contributed by atoms with Crippen molar-refractivity contribution in [3.8, 4) is 23.2 Å². The number of nitrogens with one attached hydrogen (secondary N) is 1. The number of hydrogen-bond donors (Lipinski definition) is 1. The molecule has 1 N–H and O–H groups in total. The first-order valence-electron chi connectivity index (χ1n) is 9.04. The fraction of sp³-hybridized carbons (Fsp3) is 0.0476. The number of nitrogens with zero attached hydrogens (tertiary/aromatic N) is 3. The van der Waals surface area contributed by atoms with Gasteiger partial charge in [0, 0.05) is 24.1 Å². The fourth-order valence-electron chi connectivity index (χ4n) is 2.75. The Morgan fingerprint density at radius 3 is 2.42 bits per heavy atom. The standard InChI is InChI=1S/C21H17FN4O4S/c1-29-19-9-8-17(12-18(19)22)31(27,28)25-15-4-6-16(7-5-15)30-21-13-20(23-14-24-21)26-10-2-3-11-26/h2-14,25H,1H3. The average molecular weight is 440 g/mol. The summed E-state index contributed by atoms with van der Waals surface area (Å²) < 4.78 is 53.6. The van der Waals surface area contributed by atoms with Gasteiger partial charge < -0.3 is 14.0 Å². The third-order valence-corrected chi connectivity index (χ3v) is 5.64. The van der Waals surface area contributed by atoms with Crippen LogP contribution >= 0.6 is 0 Å². The Kier molecular flexibility index (Phi) is 5.54. The van der Waals surface area contributed by atoms with Gasteiger partial charge in [0.05, 0.1) is 12.0 Å². The van der Waals surface area contributed by atoms with Gasteiger partial charge in [-0.05, 0) is 54.6 Å². The van der Waals surface area contributed by atoms with Crippen LogP contribution in [-0.4, -0.2) is 30.1 Å². The zero-order valence-corrected chi connectivity index (χ0v) is 17.1. The monoisotopic (exact) mass is 440 g/mol. The van der Waals surface area contributed by atoms with Gasteiger partial charge in [-0.3, -0.25) is 4.72 Å². The lowest BCUT2D eigenvalue weighted by Gasteiger charge is -2.10. The second kappa shape index (κ2) is 8.44. The Balaban J connectivity index is 1.47. The van der Waals surface area contributed by atoms with Crippen molar-refractivity contribution in [2.75, 3.05) is 11.8 Å². The summed E-state index contributed by atoms with van der Waals surface area (Å²) >= 11 is 0. The molecule has 2 aromatic heterocycles. The molecule has 158 valence electrons.